The normalized spacial score (nSPS) is 24.0. The Morgan fingerprint density at radius 1 is 1.07 bits per heavy atom. The summed E-state index contributed by atoms with van der Waals surface area (Å²) in [7, 11) is 0. The Morgan fingerprint density at radius 2 is 1.83 bits per heavy atom. The number of rotatable bonds is 6. The number of nitriles is 2. The SMILES string of the molecule is C[C@@H](C#N)Nc1cc(-c2ccc3cc(C#N)cnn23)ccc1C1=NN=C(C2C[C@H]3CC[C@@H](C2)C3NC(=O)C(C)(C)C)C1. The van der Waals surface area contributed by atoms with Gasteiger partial charge in [-0.05, 0) is 68.7 Å². The quantitative estimate of drug-likeness (QED) is 0.399. The van der Waals surface area contributed by atoms with Gasteiger partial charge in [0.1, 0.15) is 12.1 Å². The zero-order valence-electron chi connectivity index (χ0n) is 24.6. The highest BCUT2D eigenvalue weighted by Crippen LogP contribution is 2.46. The van der Waals surface area contributed by atoms with Crippen molar-refractivity contribution in [2.45, 2.75) is 71.9 Å². The van der Waals surface area contributed by atoms with E-state index in [1.165, 1.54) is 0 Å². The third-order valence-corrected chi connectivity index (χ3v) is 9.02. The summed E-state index contributed by atoms with van der Waals surface area (Å²) in [5.41, 5.74) is 6.60. The van der Waals surface area contributed by atoms with Gasteiger partial charge in [-0.15, -0.1) is 0 Å². The number of hydrogen-bond donors (Lipinski definition) is 2. The van der Waals surface area contributed by atoms with E-state index in [0.29, 0.717) is 29.7 Å². The molecule has 42 heavy (non-hydrogen) atoms. The van der Waals surface area contributed by atoms with E-state index in [-0.39, 0.29) is 17.4 Å². The summed E-state index contributed by atoms with van der Waals surface area (Å²) in [6, 6.07) is 16.1. The topological polar surface area (TPSA) is 131 Å². The van der Waals surface area contributed by atoms with Gasteiger partial charge < -0.3 is 10.6 Å². The number of aromatic nitrogens is 2. The predicted molar refractivity (Wildman–Crippen MR) is 163 cm³/mol. The van der Waals surface area contributed by atoms with Crippen LogP contribution in [0, 0.1) is 45.8 Å². The maximum atomic E-state index is 12.7. The standard InChI is InChI=1S/C33H36N8O/c1-19(16-34)37-28-14-21(30-10-8-25-11-20(17-35)18-36-41(25)30)7-9-26(28)29-15-27(39-40-29)24-12-22-5-6-23(13-24)31(22)38-32(42)33(2,3)4/h7-11,14,18-19,22-24,31,37H,5-6,12-13,15H2,1-4H3,(H,38,42)/t19-,22-,23+,24?,31?/m0/s1. The summed E-state index contributed by atoms with van der Waals surface area (Å²) in [5.74, 6) is 1.47. The van der Waals surface area contributed by atoms with E-state index >= 15 is 0 Å². The highest BCUT2D eigenvalue weighted by molar-refractivity contribution is 6.18. The Morgan fingerprint density at radius 3 is 2.52 bits per heavy atom. The Hall–Kier alpha value is -4.50. The fraction of sp³-hybridized carbons (Fsp3) is 0.455. The van der Waals surface area contributed by atoms with Crippen LogP contribution < -0.4 is 10.6 Å². The number of nitrogens with zero attached hydrogens (tertiary/aromatic N) is 6. The molecule has 2 saturated carbocycles. The van der Waals surface area contributed by atoms with Crippen LogP contribution in [-0.4, -0.2) is 39.0 Å². The Kier molecular flexibility index (Phi) is 7.06. The van der Waals surface area contributed by atoms with E-state index in [2.05, 4.69) is 33.0 Å². The number of anilines is 1. The van der Waals surface area contributed by atoms with Crippen LogP contribution >= 0.6 is 0 Å². The van der Waals surface area contributed by atoms with Crippen molar-refractivity contribution >= 4 is 28.5 Å². The van der Waals surface area contributed by atoms with Crippen molar-refractivity contribution in [2.24, 2.45) is 33.4 Å². The van der Waals surface area contributed by atoms with Gasteiger partial charge in [-0.25, -0.2) is 4.52 Å². The maximum absolute atomic E-state index is 12.7. The molecule has 0 saturated heterocycles. The lowest BCUT2D eigenvalue weighted by Crippen LogP contribution is -2.49. The second kappa shape index (κ2) is 10.7. The Balaban J connectivity index is 1.21. The molecule has 3 heterocycles. The largest absolute Gasteiger partial charge is 0.369 e. The molecular weight excluding hydrogens is 524 g/mol. The number of nitrogens with one attached hydrogen (secondary N) is 2. The lowest BCUT2D eigenvalue weighted by Gasteiger charge is -2.37. The van der Waals surface area contributed by atoms with Crippen molar-refractivity contribution in [3.8, 4) is 23.4 Å². The van der Waals surface area contributed by atoms with Gasteiger partial charge in [0.05, 0.1) is 34.8 Å². The van der Waals surface area contributed by atoms with Gasteiger partial charge in [-0.2, -0.15) is 25.8 Å². The van der Waals surface area contributed by atoms with Gasteiger partial charge in [0, 0.05) is 46.3 Å². The number of carbonyl (C=O) groups is 1. The van der Waals surface area contributed by atoms with Crippen LogP contribution in [0.15, 0.2) is 52.8 Å². The number of amides is 1. The molecule has 1 aliphatic heterocycles. The second-order valence-corrected chi connectivity index (χ2v) is 13.0. The lowest BCUT2D eigenvalue weighted by atomic mass is 9.74. The van der Waals surface area contributed by atoms with Gasteiger partial charge in [-0.3, -0.25) is 4.79 Å². The average Bonchev–Trinajstić information content (AvgIpc) is 3.68. The van der Waals surface area contributed by atoms with Gasteiger partial charge in [0.25, 0.3) is 0 Å². The van der Waals surface area contributed by atoms with Crippen LogP contribution in [0.2, 0.25) is 0 Å². The molecule has 2 aromatic heterocycles. The number of fused-ring (bicyclic) bond motifs is 3. The minimum Gasteiger partial charge on any atom is -0.369 e. The van der Waals surface area contributed by atoms with Gasteiger partial charge in [0.2, 0.25) is 5.91 Å². The summed E-state index contributed by atoms with van der Waals surface area (Å²) in [4.78, 5) is 12.7. The molecule has 2 unspecified atom stereocenters. The molecule has 5 atom stereocenters. The highest BCUT2D eigenvalue weighted by atomic mass is 16.2. The molecule has 214 valence electrons. The molecule has 2 N–H and O–H groups in total. The molecular formula is C33H36N8O. The molecule has 9 heteroatoms. The van der Waals surface area contributed by atoms with E-state index in [9.17, 15) is 15.3 Å². The molecule has 0 radical (unpaired) electrons. The number of carbonyl (C=O) groups excluding carboxylic acids is 1. The van der Waals surface area contributed by atoms with Gasteiger partial charge >= 0.3 is 0 Å². The molecule has 3 aliphatic rings. The van der Waals surface area contributed by atoms with Crippen molar-refractivity contribution in [2.75, 3.05) is 5.32 Å². The Labute approximate surface area is 246 Å². The van der Waals surface area contributed by atoms with E-state index in [1.54, 1.807) is 6.20 Å². The van der Waals surface area contributed by atoms with E-state index in [1.807, 2.05) is 68.6 Å². The fourth-order valence-corrected chi connectivity index (χ4v) is 6.76. The molecule has 1 aromatic carbocycles. The molecule has 6 rings (SSSR count). The van der Waals surface area contributed by atoms with Crippen molar-refractivity contribution in [1.29, 1.82) is 10.5 Å². The second-order valence-electron chi connectivity index (χ2n) is 13.0. The van der Waals surface area contributed by atoms with Crippen LogP contribution in [0.4, 0.5) is 5.69 Å². The minimum absolute atomic E-state index is 0.137. The predicted octanol–water partition coefficient (Wildman–Crippen LogP) is 5.71. The van der Waals surface area contributed by atoms with E-state index < -0.39 is 6.04 Å². The lowest BCUT2D eigenvalue weighted by molar-refractivity contribution is -0.130. The maximum Gasteiger partial charge on any atom is 0.225 e. The van der Waals surface area contributed by atoms with Crippen LogP contribution in [0.25, 0.3) is 16.8 Å². The first-order valence-corrected chi connectivity index (χ1v) is 14.8. The molecule has 2 aliphatic carbocycles. The van der Waals surface area contributed by atoms with Gasteiger partial charge in [0.15, 0.2) is 0 Å². The first kappa shape index (κ1) is 27.7. The smallest absolute Gasteiger partial charge is 0.225 e. The van der Waals surface area contributed by atoms with Crippen molar-refractivity contribution in [3.63, 3.8) is 0 Å². The summed E-state index contributed by atoms with van der Waals surface area (Å²) < 4.78 is 1.82. The molecule has 2 bridgehead atoms. The van der Waals surface area contributed by atoms with Crippen LogP contribution in [-0.2, 0) is 4.79 Å². The monoisotopic (exact) mass is 560 g/mol. The molecule has 9 nitrogen and oxygen atoms in total. The van der Waals surface area contributed by atoms with Crippen LogP contribution in [0.5, 0.6) is 0 Å². The third-order valence-electron chi connectivity index (χ3n) is 9.02. The van der Waals surface area contributed by atoms with Crippen LogP contribution in [0.1, 0.15) is 70.9 Å². The van der Waals surface area contributed by atoms with E-state index in [0.717, 1.165) is 65.1 Å². The summed E-state index contributed by atoms with van der Waals surface area (Å²) >= 11 is 0. The van der Waals surface area contributed by atoms with Crippen molar-refractivity contribution in [3.05, 3.63) is 53.7 Å². The highest BCUT2D eigenvalue weighted by Gasteiger charge is 2.45. The summed E-state index contributed by atoms with van der Waals surface area (Å²) in [6.45, 7) is 7.74. The van der Waals surface area contributed by atoms with Crippen LogP contribution in [0.3, 0.4) is 0 Å². The zero-order chi connectivity index (χ0) is 29.6. The first-order valence-electron chi connectivity index (χ1n) is 14.8. The first-order chi connectivity index (χ1) is 20.1. The average molecular weight is 561 g/mol. The van der Waals surface area contributed by atoms with E-state index in [4.69, 9.17) is 5.10 Å². The fourth-order valence-electron chi connectivity index (χ4n) is 6.76. The van der Waals surface area contributed by atoms with Crippen molar-refractivity contribution < 1.29 is 4.79 Å². The molecule has 2 fully saturated rings. The number of benzene rings is 1. The molecule has 3 aromatic rings. The Bertz CT molecular complexity index is 1680. The summed E-state index contributed by atoms with van der Waals surface area (Å²) in [5, 5.41) is 39.3. The molecule has 1 amide bonds. The summed E-state index contributed by atoms with van der Waals surface area (Å²) in [6.07, 6.45) is 6.62. The third kappa shape index (κ3) is 5.16. The minimum atomic E-state index is -0.393. The van der Waals surface area contributed by atoms with Gasteiger partial charge in [-0.1, -0.05) is 32.9 Å². The zero-order valence-corrected chi connectivity index (χ0v) is 24.6. The molecule has 0 spiro atoms. The number of hydrogen-bond acceptors (Lipinski definition) is 7. The van der Waals surface area contributed by atoms with Crippen molar-refractivity contribution in [1.82, 2.24) is 14.9 Å².